The van der Waals surface area contributed by atoms with Crippen LogP contribution in [0.15, 0.2) is 51.8 Å². The van der Waals surface area contributed by atoms with Crippen LogP contribution in [0, 0.1) is 5.92 Å². The van der Waals surface area contributed by atoms with E-state index in [-0.39, 0.29) is 6.04 Å². The molecule has 0 fully saturated rings. The monoisotopic (exact) mass is 343 g/mol. The van der Waals surface area contributed by atoms with E-state index in [1.54, 1.807) is 6.20 Å². The number of dihydropyridines is 1. The first-order valence-electron chi connectivity index (χ1n) is 9.76. The largest absolute Gasteiger partial charge is 0.405 e. The summed E-state index contributed by atoms with van der Waals surface area (Å²) in [5, 5.41) is 3.66. The van der Waals surface area contributed by atoms with E-state index in [9.17, 15) is 0 Å². The summed E-state index contributed by atoms with van der Waals surface area (Å²) in [4.78, 5) is 4.21. The van der Waals surface area contributed by atoms with E-state index >= 15 is 0 Å². The standard InChI is InChI=1S/C22H37N3/c1-6-8-10-11-17(3)20-15-22(18(4)16-23)25-21(12-9-7-2)19(20)13-14-24-5/h9,12,14-17,22,25H,6-8,10-11,13,23H2,1-5H3/b12-9-,18-16+,24-14?. The lowest BCUT2D eigenvalue weighted by Crippen LogP contribution is -2.33. The fraction of sp³-hybridized carbons (Fsp3) is 0.591. The zero-order valence-corrected chi connectivity index (χ0v) is 16.8. The van der Waals surface area contributed by atoms with Crippen LogP contribution in [0.2, 0.25) is 0 Å². The highest BCUT2D eigenvalue weighted by molar-refractivity contribution is 5.66. The Morgan fingerprint density at radius 3 is 2.72 bits per heavy atom. The molecule has 1 heterocycles. The summed E-state index contributed by atoms with van der Waals surface area (Å²) in [6.07, 6.45) is 17.5. The van der Waals surface area contributed by atoms with Gasteiger partial charge < -0.3 is 16.0 Å². The lowest BCUT2D eigenvalue weighted by Gasteiger charge is -2.31. The fourth-order valence-electron chi connectivity index (χ4n) is 3.19. The number of nitrogens with one attached hydrogen (secondary N) is 1. The van der Waals surface area contributed by atoms with E-state index in [4.69, 9.17) is 5.73 Å². The number of rotatable bonds is 10. The van der Waals surface area contributed by atoms with Gasteiger partial charge in [0.15, 0.2) is 0 Å². The molecule has 0 spiro atoms. The Morgan fingerprint density at radius 1 is 1.36 bits per heavy atom. The summed E-state index contributed by atoms with van der Waals surface area (Å²) in [6.45, 7) is 8.87. The van der Waals surface area contributed by atoms with E-state index in [0.29, 0.717) is 5.92 Å². The second-order valence-electron chi connectivity index (χ2n) is 6.90. The maximum Gasteiger partial charge on any atom is 0.0677 e. The number of nitrogens with zero attached hydrogens (tertiary/aromatic N) is 1. The second kappa shape index (κ2) is 11.7. The van der Waals surface area contributed by atoms with Gasteiger partial charge in [-0.1, -0.05) is 52.2 Å². The minimum Gasteiger partial charge on any atom is -0.405 e. The van der Waals surface area contributed by atoms with Crippen molar-refractivity contribution in [3.8, 4) is 0 Å². The molecule has 0 aromatic rings. The minimum absolute atomic E-state index is 0.174. The molecule has 25 heavy (non-hydrogen) atoms. The molecule has 3 heteroatoms. The summed E-state index contributed by atoms with van der Waals surface area (Å²) >= 11 is 0. The molecule has 1 aliphatic heterocycles. The molecular weight excluding hydrogens is 306 g/mol. The molecule has 0 aromatic carbocycles. The predicted octanol–water partition coefficient (Wildman–Crippen LogP) is 5.27. The lowest BCUT2D eigenvalue weighted by atomic mass is 9.83. The van der Waals surface area contributed by atoms with Crippen molar-refractivity contribution in [2.75, 3.05) is 7.05 Å². The van der Waals surface area contributed by atoms with Crippen molar-refractivity contribution >= 4 is 6.21 Å². The van der Waals surface area contributed by atoms with Crippen molar-refractivity contribution in [1.29, 1.82) is 0 Å². The average Bonchev–Trinajstić information content (AvgIpc) is 2.63. The first-order valence-corrected chi connectivity index (χ1v) is 9.76. The Hall–Kier alpha value is -1.77. The maximum atomic E-state index is 5.80. The first-order chi connectivity index (χ1) is 12.1. The van der Waals surface area contributed by atoms with Gasteiger partial charge in [0.2, 0.25) is 0 Å². The molecule has 0 radical (unpaired) electrons. The van der Waals surface area contributed by atoms with Gasteiger partial charge in [-0.3, -0.25) is 0 Å². The Balaban J connectivity index is 3.23. The molecule has 3 nitrogen and oxygen atoms in total. The van der Waals surface area contributed by atoms with E-state index in [0.717, 1.165) is 18.4 Å². The third kappa shape index (κ3) is 6.56. The average molecular weight is 344 g/mol. The molecule has 0 aromatic heterocycles. The van der Waals surface area contributed by atoms with Crippen LogP contribution in [-0.4, -0.2) is 19.3 Å². The molecule has 3 N–H and O–H groups in total. The highest BCUT2D eigenvalue weighted by Gasteiger charge is 2.23. The zero-order chi connectivity index (χ0) is 18.7. The molecule has 0 bridgehead atoms. The van der Waals surface area contributed by atoms with Crippen LogP contribution >= 0.6 is 0 Å². The van der Waals surface area contributed by atoms with Crippen molar-refractivity contribution in [3.05, 3.63) is 46.8 Å². The molecule has 0 amide bonds. The lowest BCUT2D eigenvalue weighted by molar-refractivity contribution is 0.546. The van der Waals surface area contributed by atoms with E-state index in [2.05, 4.69) is 56.2 Å². The van der Waals surface area contributed by atoms with E-state index < -0.39 is 0 Å². The normalized spacial score (nSPS) is 20.3. The molecule has 2 unspecified atom stereocenters. The molecular formula is C22H37N3. The van der Waals surface area contributed by atoms with Crippen LogP contribution in [0.1, 0.15) is 66.2 Å². The van der Waals surface area contributed by atoms with E-state index in [1.165, 1.54) is 42.5 Å². The van der Waals surface area contributed by atoms with Crippen LogP contribution in [-0.2, 0) is 0 Å². The van der Waals surface area contributed by atoms with Gasteiger partial charge in [-0.25, -0.2) is 0 Å². The van der Waals surface area contributed by atoms with E-state index in [1.807, 2.05) is 13.3 Å². The van der Waals surface area contributed by atoms with Crippen molar-refractivity contribution < 1.29 is 0 Å². The highest BCUT2D eigenvalue weighted by atomic mass is 14.9. The molecule has 1 rings (SSSR count). The van der Waals surface area contributed by atoms with Crippen LogP contribution in [0.25, 0.3) is 0 Å². The number of hydrogen-bond acceptors (Lipinski definition) is 3. The third-order valence-corrected chi connectivity index (χ3v) is 4.85. The Bertz CT molecular complexity index is 550. The highest BCUT2D eigenvalue weighted by Crippen LogP contribution is 2.33. The van der Waals surface area contributed by atoms with Gasteiger partial charge >= 0.3 is 0 Å². The number of aliphatic imine (C=N–C) groups is 1. The number of unbranched alkanes of at least 4 members (excludes halogenated alkanes) is 2. The van der Waals surface area contributed by atoms with Gasteiger partial charge in [0.05, 0.1) is 6.04 Å². The smallest absolute Gasteiger partial charge is 0.0677 e. The third-order valence-electron chi connectivity index (χ3n) is 4.85. The van der Waals surface area contributed by atoms with Crippen molar-refractivity contribution in [2.24, 2.45) is 16.6 Å². The molecule has 0 saturated carbocycles. The summed E-state index contributed by atoms with van der Waals surface area (Å²) < 4.78 is 0. The predicted molar refractivity (Wildman–Crippen MR) is 112 cm³/mol. The van der Waals surface area contributed by atoms with Crippen molar-refractivity contribution in [3.63, 3.8) is 0 Å². The molecule has 140 valence electrons. The molecule has 1 aliphatic rings. The SMILES string of the molecule is CC/C=C\C1=C(CC=NC)C(C(C)CCCCC)=CC(/C(C)=C/N)N1. The maximum absolute atomic E-state index is 5.80. The van der Waals surface area contributed by atoms with Gasteiger partial charge in [0.25, 0.3) is 0 Å². The Kier molecular flexibility index (Phi) is 9.98. The zero-order valence-electron chi connectivity index (χ0n) is 16.8. The minimum atomic E-state index is 0.174. The summed E-state index contributed by atoms with van der Waals surface area (Å²) in [7, 11) is 1.84. The first kappa shape index (κ1) is 21.3. The van der Waals surface area contributed by atoms with Crippen molar-refractivity contribution in [2.45, 2.75) is 72.3 Å². The molecule has 2 atom stereocenters. The number of hydrogen-bond donors (Lipinski definition) is 2. The summed E-state index contributed by atoms with van der Waals surface area (Å²) in [5.74, 6) is 0.548. The van der Waals surface area contributed by atoms with Crippen LogP contribution in [0.3, 0.4) is 0 Å². The molecule has 0 saturated heterocycles. The number of allylic oxidation sites excluding steroid dienone is 4. The summed E-state index contributed by atoms with van der Waals surface area (Å²) in [6, 6.07) is 0.174. The van der Waals surface area contributed by atoms with Crippen LogP contribution in [0.4, 0.5) is 0 Å². The molecule has 0 aliphatic carbocycles. The second-order valence-corrected chi connectivity index (χ2v) is 6.90. The van der Waals surface area contributed by atoms with Crippen molar-refractivity contribution in [1.82, 2.24) is 5.32 Å². The quantitative estimate of drug-likeness (QED) is 0.419. The summed E-state index contributed by atoms with van der Waals surface area (Å²) in [5.41, 5.74) is 11.0. The van der Waals surface area contributed by atoms with Crippen LogP contribution in [0.5, 0.6) is 0 Å². The van der Waals surface area contributed by atoms with Gasteiger partial charge in [-0.2, -0.15) is 0 Å². The Morgan fingerprint density at radius 2 is 2.12 bits per heavy atom. The van der Waals surface area contributed by atoms with Gasteiger partial charge in [0, 0.05) is 25.4 Å². The van der Waals surface area contributed by atoms with Crippen LogP contribution < -0.4 is 11.1 Å². The van der Waals surface area contributed by atoms with Gasteiger partial charge in [-0.05, 0) is 54.7 Å². The number of nitrogens with two attached hydrogens (primary N) is 1. The fourth-order valence-corrected chi connectivity index (χ4v) is 3.19. The Labute approximate surface area is 154 Å². The van der Waals surface area contributed by atoms with Gasteiger partial charge in [-0.15, -0.1) is 0 Å². The van der Waals surface area contributed by atoms with Gasteiger partial charge in [0.1, 0.15) is 0 Å². The topological polar surface area (TPSA) is 50.4 Å².